The van der Waals surface area contributed by atoms with Gasteiger partial charge in [0.25, 0.3) is 0 Å². The van der Waals surface area contributed by atoms with Gasteiger partial charge in [-0.15, -0.1) is 0 Å². The molecule has 0 aromatic heterocycles. The average molecular weight is 270 g/mol. The third kappa shape index (κ3) is 2.31. The number of hydrogen-bond acceptors (Lipinski definition) is 2. The van der Waals surface area contributed by atoms with Crippen LogP contribution in [-0.2, 0) is 13.0 Å². The summed E-state index contributed by atoms with van der Waals surface area (Å²) >= 11 is 0. The molecule has 0 atom stereocenters. The van der Waals surface area contributed by atoms with Crippen LogP contribution in [0, 0.1) is 0 Å². The van der Waals surface area contributed by atoms with Crippen LogP contribution in [0.15, 0.2) is 18.2 Å². The van der Waals surface area contributed by atoms with Gasteiger partial charge in [-0.1, -0.05) is 12.1 Å². The van der Waals surface area contributed by atoms with Gasteiger partial charge >= 0.3 is 6.18 Å². The molecule has 1 aromatic rings. The Hall–Kier alpha value is -1.23. The summed E-state index contributed by atoms with van der Waals surface area (Å²) in [5.74, 6) is 0. The first-order chi connectivity index (χ1) is 9.02. The molecule has 2 aliphatic rings. The van der Waals surface area contributed by atoms with Crippen LogP contribution in [0.2, 0.25) is 0 Å². The predicted octanol–water partition coefficient (Wildman–Crippen LogP) is 3.23. The maximum absolute atomic E-state index is 12.9. The van der Waals surface area contributed by atoms with Gasteiger partial charge in [-0.2, -0.15) is 13.2 Å². The Balaban J connectivity index is 1.74. The van der Waals surface area contributed by atoms with Crippen LogP contribution in [0.3, 0.4) is 0 Å². The highest BCUT2D eigenvalue weighted by Gasteiger charge is 2.62. The Morgan fingerprint density at radius 3 is 2.74 bits per heavy atom. The van der Waals surface area contributed by atoms with Gasteiger partial charge in [-0.3, -0.25) is 5.32 Å². The van der Waals surface area contributed by atoms with Gasteiger partial charge in [0.05, 0.1) is 0 Å². The quantitative estimate of drug-likeness (QED) is 0.881. The molecule has 104 valence electrons. The SMILES string of the molecule is FC(F)(F)C1(NCc2cccc3c2CCCN3)CC1. The minimum atomic E-state index is -4.14. The second-order valence-electron chi connectivity index (χ2n) is 5.41. The van der Waals surface area contributed by atoms with E-state index in [1.54, 1.807) is 0 Å². The number of hydrogen-bond donors (Lipinski definition) is 2. The fourth-order valence-corrected chi connectivity index (χ4v) is 2.70. The molecule has 19 heavy (non-hydrogen) atoms. The lowest BCUT2D eigenvalue weighted by atomic mass is 9.97. The predicted molar refractivity (Wildman–Crippen MR) is 68.1 cm³/mol. The van der Waals surface area contributed by atoms with Gasteiger partial charge in [0.2, 0.25) is 0 Å². The van der Waals surface area contributed by atoms with E-state index in [-0.39, 0.29) is 12.8 Å². The average Bonchev–Trinajstić information content (AvgIpc) is 3.17. The molecule has 0 amide bonds. The van der Waals surface area contributed by atoms with Crippen LogP contribution in [0.1, 0.15) is 30.4 Å². The number of nitrogens with one attached hydrogen (secondary N) is 2. The van der Waals surface area contributed by atoms with Crippen LogP contribution in [-0.4, -0.2) is 18.3 Å². The third-order valence-electron chi connectivity index (χ3n) is 4.10. The number of alkyl halides is 3. The lowest BCUT2D eigenvalue weighted by Crippen LogP contribution is -2.44. The summed E-state index contributed by atoms with van der Waals surface area (Å²) in [6.45, 7) is 1.24. The molecule has 1 heterocycles. The van der Waals surface area contributed by atoms with Crippen molar-refractivity contribution in [3.8, 4) is 0 Å². The Labute approximate surface area is 110 Å². The van der Waals surface area contributed by atoms with Crippen molar-refractivity contribution in [2.45, 2.75) is 43.9 Å². The van der Waals surface area contributed by atoms with E-state index >= 15 is 0 Å². The van der Waals surface area contributed by atoms with Gasteiger partial charge in [0, 0.05) is 18.8 Å². The molecule has 1 saturated carbocycles. The monoisotopic (exact) mass is 270 g/mol. The number of rotatable bonds is 3. The highest BCUT2D eigenvalue weighted by atomic mass is 19.4. The zero-order valence-corrected chi connectivity index (χ0v) is 10.6. The summed E-state index contributed by atoms with van der Waals surface area (Å²) in [4.78, 5) is 0. The number of anilines is 1. The van der Waals surface area contributed by atoms with Crippen LogP contribution in [0.4, 0.5) is 18.9 Å². The molecule has 2 N–H and O–H groups in total. The summed E-state index contributed by atoms with van der Waals surface area (Å²) in [6, 6.07) is 5.82. The second kappa shape index (κ2) is 4.40. The number of fused-ring (bicyclic) bond motifs is 1. The van der Waals surface area contributed by atoms with Crippen molar-refractivity contribution in [1.82, 2.24) is 5.32 Å². The van der Waals surface area contributed by atoms with Crippen LogP contribution in [0.5, 0.6) is 0 Å². The zero-order chi connectivity index (χ0) is 13.5. The molecule has 0 spiro atoms. The van der Waals surface area contributed by atoms with E-state index < -0.39 is 11.7 Å². The van der Waals surface area contributed by atoms with Gasteiger partial charge in [-0.05, 0) is 42.9 Å². The van der Waals surface area contributed by atoms with Crippen molar-refractivity contribution >= 4 is 5.69 Å². The summed E-state index contributed by atoms with van der Waals surface area (Å²) in [5, 5.41) is 6.02. The third-order valence-corrected chi connectivity index (χ3v) is 4.10. The van der Waals surface area contributed by atoms with E-state index in [2.05, 4.69) is 10.6 Å². The van der Waals surface area contributed by atoms with Crippen molar-refractivity contribution in [1.29, 1.82) is 0 Å². The normalized spacial score (nSPS) is 20.6. The minimum absolute atomic E-state index is 0.198. The molecule has 1 aliphatic heterocycles. The Bertz CT molecular complexity index is 478. The van der Waals surface area contributed by atoms with E-state index in [1.165, 1.54) is 5.56 Å². The second-order valence-corrected chi connectivity index (χ2v) is 5.41. The molecule has 0 bridgehead atoms. The molecule has 3 rings (SSSR count). The van der Waals surface area contributed by atoms with Gasteiger partial charge < -0.3 is 5.32 Å². The standard InChI is InChI=1S/C14H17F3N2/c15-14(16,17)13(6-7-13)19-9-10-3-1-5-12-11(10)4-2-8-18-12/h1,3,5,18-19H,2,4,6-9H2. The van der Waals surface area contributed by atoms with Crippen LogP contribution < -0.4 is 10.6 Å². The first-order valence-electron chi connectivity index (χ1n) is 6.68. The summed E-state index contributed by atoms with van der Waals surface area (Å²) in [5.41, 5.74) is 1.60. The Morgan fingerprint density at radius 1 is 1.26 bits per heavy atom. The van der Waals surface area contributed by atoms with E-state index in [0.717, 1.165) is 30.6 Å². The molecule has 1 aliphatic carbocycles. The molecular formula is C14H17F3N2. The zero-order valence-electron chi connectivity index (χ0n) is 10.6. The molecule has 1 aromatic carbocycles. The molecule has 0 radical (unpaired) electrons. The first kappa shape index (κ1) is 12.8. The number of benzene rings is 1. The van der Waals surface area contributed by atoms with E-state index in [4.69, 9.17) is 0 Å². The summed E-state index contributed by atoms with van der Waals surface area (Å²) in [7, 11) is 0. The van der Waals surface area contributed by atoms with E-state index in [0.29, 0.717) is 6.54 Å². The Kier molecular flexibility index (Phi) is 2.96. The molecule has 0 saturated heterocycles. The fraction of sp³-hybridized carbons (Fsp3) is 0.571. The van der Waals surface area contributed by atoms with Gasteiger partial charge in [-0.25, -0.2) is 0 Å². The Morgan fingerprint density at radius 2 is 2.05 bits per heavy atom. The largest absolute Gasteiger partial charge is 0.406 e. The topological polar surface area (TPSA) is 24.1 Å². The van der Waals surface area contributed by atoms with Crippen molar-refractivity contribution < 1.29 is 13.2 Å². The van der Waals surface area contributed by atoms with Crippen LogP contribution >= 0.6 is 0 Å². The van der Waals surface area contributed by atoms with Gasteiger partial charge in [0.15, 0.2) is 0 Å². The summed E-state index contributed by atoms with van der Waals surface area (Å²) < 4.78 is 38.6. The minimum Gasteiger partial charge on any atom is -0.385 e. The molecular weight excluding hydrogens is 253 g/mol. The highest BCUT2D eigenvalue weighted by Crippen LogP contribution is 2.49. The maximum Gasteiger partial charge on any atom is 0.406 e. The summed E-state index contributed by atoms with van der Waals surface area (Å²) in [6.07, 6.45) is -1.76. The first-order valence-corrected chi connectivity index (χ1v) is 6.68. The van der Waals surface area contributed by atoms with Crippen molar-refractivity contribution in [2.24, 2.45) is 0 Å². The molecule has 5 heteroatoms. The molecule has 2 nitrogen and oxygen atoms in total. The van der Waals surface area contributed by atoms with E-state index in [9.17, 15) is 13.2 Å². The molecule has 0 unspecified atom stereocenters. The van der Waals surface area contributed by atoms with Crippen molar-refractivity contribution in [3.63, 3.8) is 0 Å². The van der Waals surface area contributed by atoms with E-state index in [1.807, 2.05) is 18.2 Å². The van der Waals surface area contributed by atoms with Crippen molar-refractivity contribution in [3.05, 3.63) is 29.3 Å². The lowest BCUT2D eigenvalue weighted by Gasteiger charge is -2.24. The van der Waals surface area contributed by atoms with Crippen molar-refractivity contribution in [2.75, 3.05) is 11.9 Å². The maximum atomic E-state index is 12.9. The smallest absolute Gasteiger partial charge is 0.385 e. The lowest BCUT2D eigenvalue weighted by molar-refractivity contribution is -0.166. The fourth-order valence-electron chi connectivity index (χ4n) is 2.70. The number of halogens is 3. The highest BCUT2D eigenvalue weighted by molar-refractivity contribution is 5.56. The molecule has 1 fully saturated rings. The van der Waals surface area contributed by atoms with Gasteiger partial charge in [0.1, 0.15) is 5.54 Å². The van der Waals surface area contributed by atoms with Crippen LogP contribution in [0.25, 0.3) is 0 Å².